The molecule has 1 N–H and O–H groups in total. The van der Waals surface area contributed by atoms with Gasteiger partial charge < -0.3 is 5.32 Å². The molecule has 1 atom stereocenters. The van der Waals surface area contributed by atoms with Crippen LogP contribution in [0.1, 0.15) is 56.2 Å². The normalized spacial score (nSPS) is 16.6. The van der Waals surface area contributed by atoms with E-state index in [1.807, 2.05) is 30.3 Å². The van der Waals surface area contributed by atoms with Gasteiger partial charge in [-0.25, -0.2) is 0 Å². The second kappa shape index (κ2) is 8.30. The van der Waals surface area contributed by atoms with Crippen LogP contribution in [0.4, 0.5) is 5.69 Å². The molecule has 2 aromatic rings. The minimum atomic E-state index is -0.216. The van der Waals surface area contributed by atoms with Crippen molar-refractivity contribution in [2.45, 2.75) is 45.1 Å². The van der Waals surface area contributed by atoms with Crippen molar-refractivity contribution in [1.29, 1.82) is 0 Å². The number of nitrogens with one attached hydrogen (secondary N) is 1. The second-order valence-electron chi connectivity index (χ2n) is 7.18. The maximum absolute atomic E-state index is 13.1. The van der Waals surface area contributed by atoms with Gasteiger partial charge in [0.1, 0.15) is 6.04 Å². The fourth-order valence-corrected chi connectivity index (χ4v) is 3.50. The summed E-state index contributed by atoms with van der Waals surface area (Å²) in [5.74, 6) is 0.556. The van der Waals surface area contributed by atoms with Crippen LogP contribution in [0.25, 0.3) is 0 Å². The summed E-state index contributed by atoms with van der Waals surface area (Å²) in [6.07, 6.45) is 3.59. The van der Waals surface area contributed by atoms with Crippen molar-refractivity contribution < 1.29 is 4.79 Å². The summed E-state index contributed by atoms with van der Waals surface area (Å²) in [6.45, 7) is 6.32. The van der Waals surface area contributed by atoms with Gasteiger partial charge in [-0.1, -0.05) is 62.7 Å². The quantitative estimate of drug-likeness (QED) is 0.835. The fourth-order valence-electron chi connectivity index (χ4n) is 3.50. The van der Waals surface area contributed by atoms with E-state index in [1.165, 1.54) is 24.8 Å². The predicted molar refractivity (Wildman–Crippen MR) is 104 cm³/mol. The summed E-state index contributed by atoms with van der Waals surface area (Å²) in [7, 11) is 0. The minimum absolute atomic E-state index is 0.0606. The molecule has 1 amide bonds. The van der Waals surface area contributed by atoms with Crippen LogP contribution in [0.5, 0.6) is 0 Å². The number of hydrogen-bond donors (Lipinski definition) is 1. The smallest absolute Gasteiger partial charge is 0.246 e. The Labute approximate surface area is 151 Å². The molecule has 0 aromatic heterocycles. The lowest BCUT2D eigenvalue weighted by Gasteiger charge is -2.34. The molecule has 0 radical (unpaired) electrons. The number of anilines is 1. The molecule has 132 valence electrons. The monoisotopic (exact) mass is 336 g/mol. The van der Waals surface area contributed by atoms with Gasteiger partial charge >= 0.3 is 0 Å². The molecule has 1 aliphatic rings. The molecule has 0 aliphatic carbocycles. The number of nitrogens with zero attached hydrogens (tertiary/aromatic N) is 1. The molecule has 1 saturated heterocycles. The topological polar surface area (TPSA) is 32.3 Å². The zero-order chi connectivity index (χ0) is 17.6. The summed E-state index contributed by atoms with van der Waals surface area (Å²) < 4.78 is 0. The van der Waals surface area contributed by atoms with E-state index in [0.717, 1.165) is 24.3 Å². The molecule has 1 fully saturated rings. The lowest BCUT2D eigenvalue weighted by Crippen LogP contribution is -2.40. The first-order valence-electron chi connectivity index (χ1n) is 9.35. The third kappa shape index (κ3) is 4.49. The molecule has 25 heavy (non-hydrogen) atoms. The van der Waals surface area contributed by atoms with Gasteiger partial charge in [0.05, 0.1) is 0 Å². The van der Waals surface area contributed by atoms with Crippen LogP contribution in [0, 0.1) is 0 Å². The van der Waals surface area contributed by atoms with Crippen LogP contribution in [0.2, 0.25) is 0 Å². The lowest BCUT2D eigenvalue weighted by atomic mass is 10.0. The van der Waals surface area contributed by atoms with E-state index in [4.69, 9.17) is 0 Å². The number of piperidine rings is 1. The van der Waals surface area contributed by atoms with Gasteiger partial charge in [0, 0.05) is 5.69 Å². The maximum Gasteiger partial charge on any atom is 0.246 e. The van der Waals surface area contributed by atoms with E-state index < -0.39 is 0 Å². The second-order valence-corrected chi connectivity index (χ2v) is 7.18. The molecule has 1 unspecified atom stereocenters. The van der Waals surface area contributed by atoms with Crippen LogP contribution in [0.3, 0.4) is 0 Å². The minimum Gasteiger partial charge on any atom is -0.324 e. The molecule has 3 nitrogen and oxygen atoms in total. The van der Waals surface area contributed by atoms with Gasteiger partial charge in [-0.05, 0) is 55.1 Å². The van der Waals surface area contributed by atoms with Gasteiger partial charge in [-0.2, -0.15) is 0 Å². The van der Waals surface area contributed by atoms with Crippen molar-refractivity contribution in [3.63, 3.8) is 0 Å². The van der Waals surface area contributed by atoms with Crippen LogP contribution < -0.4 is 5.32 Å². The van der Waals surface area contributed by atoms with Crippen LogP contribution in [0.15, 0.2) is 54.6 Å². The standard InChI is InChI=1S/C22H28N2O/c1-17(2)18-11-13-20(14-12-18)23-22(25)21(19-9-5-3-6-10-19)24-15-7-4-8-16-24/h3,5-6,9-14,17,21H,4,7-8,15-16H2,1-2H3,(H,23,25). The zero-order valence-corrected chi connectivity index (χ0v) is 15.2. The molecule has 1 heterocycles. The predicted octanol–water partition coefficient (Wildman–Crippen LogP) is 4.98. The molecule has 0 saturated carbocycles. The summed E-state index contributed by atoms with van der Waals surface area (Å²) in [4.78, 5) is 15.4. The largest absolute Gasteiger partial charge is 0.324 e. The zero-order valence-electron chi connectivity index (χ0n) is 15.2. The first-order valence-corrected chi connectivity index (χ1v) is 9.35. The Morgan fingerprint density at radius 1 is 0.880 bits per heavy atom. The van der Waals surface area contributed by atoms with Gasteiger partial charge in [0.2, 0.25) is 5.91 Å². The Balaban J connectivity index is 1.79. The molecule has 1 aliphatic heterocycles. The van der Waals surface area contributed by atoms with Crippen molar-refractivity contribution >= 4 is 11.6 Å². The Kier molecular flexibility index (Phi) is 5.87. The summed E-state index contributed by atoms with van der Waals surface area (Å²) >= 11 is 0. The van der Waals surface area contributed by atoms with Crippen LogP contribution >= 0.6 is 0 Å². The average molecular weight is 336 g/mol. The Morgan fingerprint density at radius 2 is 1.52 bits per heavy atom. The molecule has 3 heteroatoms. The third-order valence-electron chi connectivity index (χ3n) is 4.96. The number of likely N-dealkylation sites (tertiary alicyclic amines) is 1. The highest BCUT2D eigenvalue weighted by Gasteiger charge is 2.28. The van der Waals surface area contributed by atoms with Crippen molar-refractivity contribution in [2.75, 3.05) is 18.4 Å². The van der Waals surface area contributed by atoms with E-state index in [2.05, 4.69) is 48.3 Å². The fraction of sp³-hybridized carbons (Fsp3) is 0.409. The van der Waals surface area contributed by atoms with Gasteiger partial charge in [0.25, 0.3) is 0 Å². The molecular weight excluding hydrogens is 308 g/mol. The number of rotatable bonds is 5. The average Bonchev–Trinajstić information content (AvgIpc) is 2.64. The van der Waals surface area contributed by atoms with Crippen molar-refractivity contribution in [1.82, 2.24) is 4.90 Å². The highest BCUT2D eigenvalue weighted by Crippen LogP contribution is 2.26. The Hall–Kier alpha value is -2.13. The van der Waals surface area contributed by atoms with Crippen molar-refractivity contribution in [3.05, 3.63) is 65.7 Å². The number of carbonyl (C=O) groups excluding carboxylic acids is 1. The first-order chi connectivity index (χ1) is 12.1. The van der Waals surface area contributed by atoms with Crippen molar-refractivity contribution in [2.24, 2.45) is 0 Å². The molecule has 0 spiro atoms. The number of carbonyl (C=O) groups is 1. The highest BCUT2D eigenvalue weighted by molar-refractivity contribution is 5.95. The van der Waals surface area contributed by atoms with E-state index >= 15 is 0 Å². The summed E-state index contributed by atoms with van der Waals surface area (Å²) in [6, 6.07) is 18.1. The van der Waals surface area contributed by atoms with Crippen molar-refractivity contribution in [3.8, 4) is 0 Å². The third-order valence-corrected chi connectivity index (χ3v) is 4.96. The molecule has 0 bridgehead atoms. The SMILES string of the molecule is CC(C)c1ccc(NC(=O)C(c2ccccc2)N2CCCCC2)cc1. The summed E-state index contributed by atoms with van der Waals surface area (Å²) in [5, 5.41) is 3.12. The highest BCUT2D eigenvalue weighted by atomic mass is 16.2. The number of amides is 1. The van der Waals surface area contributed by atoms with Crippen LogP contribution in [-0.4, -0.2) is 23.9 Å². The van der Waals surface area contributed by atoms with E-state index in [0.29, 0.717) is 5.92 Å². The number of benzene rings is 2. The van der Waals surface area contributed by atoms with Gasteiger partial charge in [-0.15, -0.1) is 0 Å². The van der Waals surface area contributed by atoms with E-state index in [9.17, 15) is 4.79 Å². The Bertz CT molecular complexity index is 673. The molecule has 3 rings (SSSR count). The first kappa shape index (κ1) is 17.7. The lowest BCUT2D eigenvalue weighted by molar-refractivity contribution is -0.122. The van der Waals surface area contributed by atoms with Crippen LogP contribution in [-0.2, 0) is 4.79 Å². The summed E-state index contributed by atoms with van der Waals surface area (Å²) in [5.41, 5.74) is 3.22. The van der Waals surface area contributed by atoms with Gasteiger partial charge in [0.15, 0.2) is 0 Å². The van der Waals surface area contributed by atoms with E-state index in [-0.39, 0.29) is 11.9 Å². The van der Waals surface area contributed by atoms with Gasteiger partial charge in [-0.3, -0.25) is 9.69 Å². The maximum atomic E-state index is 13.1. The molecule has 2 aromatic carbocycles. The molecular formula is C22H28N2O. The van der Waals surface area contributed by atoms with E-state index in [1.54, 1.807) is 0 Å². The Morgan fingerprint density at radius 3 is 2.12 bits per heavy atom. The number of hydrogen-bond acceptors (Lipinski definition) is 2.